The quantitative estimate of drug-likeness (QED) is 0.409. The van der Waals surface area contributed by atoms with Gasteiger partial charge in [0.25, 0.3) is 10.1 Å². The largest absolute Gasteiger partial charge is 0.287 e. The van der Waals surface area contributed by atoms with Crippen LogP contribution < -0.4 is 0 Å². The predicted molar refractivity (Wildman–Crippen MR) is 26.4 cm³/mol. The molecule has 0 aromatic carbocycles. The van der Waals surface area contributed by atoms with Crippen LogP contribution in [0.4, 0.5) is 0 Å². The molecule has 0 unspecified atom stereocenters. The van der Waals surface area contributed by atoms with E-state index in [1.54, 1.807) is 0 Å². The summed E-state index contributed by atoms with van der Waals surface area (Å²) >= 11 is 0. The van der Waals surface area contributed by atoms with Crippen molar-refractivity contribution in [2.75, 3.05) is 0 Å². The second-order valence-corrected chi connectivity index (χ2v) is 2.24. The van der Waals surface area contributed by atoms with Crippen LogP contribution in [0, 0.1) is 0 Å². The second-order valence-electron chi connectivity index (χ2n) is 0.936. The summed E-state index contributed by atoms with van der Waals surface area (Å²) in [6.45, 7) is 0. The Morgan fingerprint density at radius 1 is 1.50 bits per heavy atom. The van der Waals surface area contributed by atoms with E-state index < -0.39 is 10.1 Å². The molecule has 8 heavy (non-hydrogen) atoms. The van der Waals surface area contributed by atoms with E-state index in [4.69, 9.17) is 4.55 Å². The summed E-state index contributed by atoms with van der Waals surface area (Å²) in [4.78, 5) is 9.26. The Bertz CT molecular complexity index is 187. The van der Waals surface area contributed by atoms with E-state index in [-0.39, 0.29) is 0 Å². The summed E-state index contributed by atoms with van der Waals surface area (Å²) in [7, 11) is -4.13. The van der Waals surface area contributed by atoms with E-state index in [0.29, 0.717) is 11.5 Å². The Hall–Kier alpha value is -0.680. The Labute approximate surface area is 46.6 Å². The van der Waals surface area contributed by atoms with Gasteiger partial charge in [0.2, 0.25) is 6.29 Å². The standard InChI is InChI=1S/C3H3O4S/c4-2-1-3-8(5,6)7/h1,3H,(H,5,6,7). The van der Waals surface area contributed by atoms with Crippen molar-refractivity contribution in [1.82, 2.24) is 0 Å². The summed E-state index contributed by atoms with van der Waals surface area (Å²) in [5.74, 6) is 0. The van der Waals surface area contributed by atoms with Gasteiger partial charge in [0.15, 0.2) is 0 Å². The number of rotatable bonds is 2. The van der Waals surface area contributed by atoms with Crippen molar-refractivity contribution in [2.24, 2.45) is 0 Å². The normalized spacial score (nSPS) is 12.1. The van der Waals surface area contributed by atoms with Crippen molar-refractivity contribution in [3.63, 3.8) is 0 Å². The summed E-state index contributed by atoms with van der Waals surface area (Å²) < 4.78 is 27.2. The van der Waals surface area contributed by atoms with Gasteiger partial charge in [0.05, 0.1) is 5.41 Å². The maximum Gasteiger partial charge on any atom is 0.287 e. The Morgan fingerprint density at radius 3 is 2.12 bits per heavy atom. The molecule has 1 radical (unpaired) electrons. The van der Waals surface area contributed by atoms with Crippen molar-refractivity contribution < 1.29 is 17.8 Å². The Balaban J connectivity index is 4.12. The highest BCUT2D eigenvalue weighted by Crippen LogP contribution is 1.80. The molecule has 0 aliphatic rings. The molecule has 0 atom stereocenters. The van der Waals surface area contributed by atoms with Crippen molar-refractivity contribution in [1.29, 1.82) is 0 Å². The van der Waals surface area contributed by atoms with Crippen LogP contribution in [0.5, 0.6) is 0 Å². The fourth-order valence-corrected chi connectivity index (χ4v) is 0.341. The van der Waals surface area contributed by atoms with Crippen LogP contribution >= 0.6 is 0 Å². The first-order chi connectivity index (χ1) is 3.56. The zero-order chi connectivity index (χ0) is 6.62. The van der Waals surface area contributed by atoms with E-state index in [1.807, 2.05) is 0 Å². The maximum atomic E-state index is 9.68. The fraction of sp³-hybridized carbons (Fsp3) is 0. The molecule has 0 amide bonds. The molecule has 0 aliphatic heterocycles. The highest BCUT2D eigenvalue weighted by molar-refractivity contribution is 7.88. The van der Waals surface area contributed by atoms with Gasteiger partial charge in [-0.3, -0.25) is 9.35 Å². The average molecular weight is 135 g/mol. The molecule has 45 valence electrons. The first-order valence-corrected chi connectivity index (χ1v) is 3.08. The third-order valence-corrected chi connectivity index (χ3v) is 0.788. The van der Waals surface area contributed by atoms with Crippen LogP contribution in [0.1, 0.15) is 0 Å². The second kappa shape index (κ2) is 2.58. The van der Waals surface area contributed by atoms with Gasteiger partial charge in [-0.1, -0.05) is 0 Å². The summed E-state index contributed by atoms with van der Waals surface area (Å²) in [6.07, 6.45) is 1.72. The molecular formula is C3H3O4S. The Kier molecular flexibility index (Phi) is 2.36. The van der Waals surface area contributed by atoms with Crippen LogP contribution in [0.2, 0.25) is 0 Å². The monoisotopic (exact) mass is 135 g/mol. The number of carbonyl (C=O) groups excluding carboxylic acids is 1. The minimum atomic E-state index is -4.13. The third-order valence-electron chi connectivity index (χ3n) is 0.308. The van der Waals surface area contributed by atoms with Gasteiger partial charge in [-0.05, 0) is 0 Å². The molecule has 0 fully saturated rings. The van der Waals surface area contributed by atoms with Crippen molar-refractivity contribution in [3.05, 3.63) is 11.5 Å². The molecule has 0 heterocycles. The van der Waals surface area contributed by atoms with Crippen molar-refractivity contribution in [3.8, 4) is 0 Å². The number of hydrogen-bond acceptors (Lipinski definition) is 3. The van der Waals surface area contributed by atoms with Crippen molar-refractivity contribution in [2.45, 2.75) is 0 Å². The number of allylic oxidation sites excluding steroid dienone is 1. The minimum Gasteiger partial charge on any atom is -0.286 e. The first kappa shape index (κ1) is 7.32. The van der Waals surface area contributed by atoms with Crippen LogP contribution in [0.25, 0.3) is 0 Å². The molecule has 1 N–H and O–H groups in total. The van der Waals surface area contributed by atoms with Gasteiger partial charge in [-0.2, -0.15) is 8.42 Å². The third kappa shape index (κ3) is 5.32. The lowest BCUT2D eigenvalue weighted by atomic mass is 10.7. The van der Waals surface area contributed by atoms with Gasteiger partial charge >= 0.3 is 0 Å². The van der Waals surface area contributed by atoms with Gasteiger partial charge in [-0.25, -0.2) is 0 Å². The lowest BCUT2D eigenvalue weighted by Gasteiger charge is -1.75. The van der Waals surface area contributed by atoms with Crippen molar-refractivity contribution >= 4 is 16.4 Å². The van der Waals surface area contributed by atoms with Crippen LogP contribution in [0.3, 0.4) is 0 Å². The Morgan fingerprint density at radius 2 is 2.00 bits per heavy atom. The highest BCUT2D eigenvalue weighted by atomic mass is 32.2. The lowest BCUT2D eigenvalue weighted by Crippen LogP contribution is -1.88. The van der Waals surface area contributed by atoms with Gasteiger partial charge in [0, 0.05) is 6.08 Å². The maximum absolute atomic E-state index is 9.68. The average Bonchev–Trinajstić information content (AvgIpc) is 1.59. The van der Waals surface area contributed by atoms with E-state index in [0.717, 1.165) is 6.29 Å². The predicted octanol–water partition coefficient (Wildman–Crippen LogP) is -0.502. The SMILES string of the molecule is O=[C]C=CS(=O)(=O)O. The molecule has 0 spiro atoms. The topological polar surface area (TPSA) is 71.4 Å². The van der Waals surface area contributed by atoms with Crippen LogP contribution in [0.15, 0.2) is 11.5 Å². The zero-order valence-electron chi connectivity index (χ0n) is 3.73. The molecule has 0 bridgehead atoms. The van der Waals surface area contributed by atoms with Gasteiger partial charge < -0.3 is 0 Å². The summed E-state index contributed by atoms with van der Waals surface area (Å²) in [5.41, 5.74) is 0. The number of hydrogen-bond donors (Lipinski definition) is 1. The smallest absolute Gasteiger partial charge is 0.286 e. The molecule has 0 aliphatic carbocycles. The zero-order valence-corrected chi connectivity index (χ0v) is 4.55. The van der Waals surface area contributed by atoms with E-state index in [2.05, 4.69) is 0 Å². The summed E-state index contributed by atoms with van der Waals surface area (Å²) in [6, 6.07) is 0. The highest BCUT2D eigenvalue weighted by Gasteiger charge is 1.91. The molecule has 0 aromatic heterocycles. The van der Waals surface area contributed by atoms with Crippen LogP contribution in [-0.2, 0) is 14.9 Å². The molecule has 0 rings (SSSR count). The van der Waals surface area contributed by atoms with E-state index >= 15 is 0 Å². The fourth-order valence-electron chi connectivity index (χ4n) is 0.114. The molecule has 0 saturated heterocycles. The van der Waals surface area contributed by atoms with E-state index in [9.17, 15) is 13.2 Å². The van der Waals surface area contributed by atoms with E-state index in [1.165, 1.54) is 0 Å². The van der Waals surface area contributed by atoms with Gasteiger partial charge in [-0.15, -0.1) is 0 Å². The minimum absolute atomic E-state index is 0.347. The lowest BCUT2D eigenvalue weighted by molar-refractivity contribution is 0.494. The molecule has 0 aromatic rings. The summed E-state index contributed by atoms with van der Waals surface area (Å²) in [5, 5.41) is 0.347. The van der Waals surface area contributed by atoms with Gasteiger partial charge in [0.1, 0.15) is 0 Å². The molecule has 5 heteroatoms. The molecular weight excluding hydrogens is 132 g/mol. The first-order valence-electron chi connectivity index (χ1n) is 1.58. The molecule has 0 saturated carbocycles. The molecule has 4 nitrogen and oxygen atoms in total. The van der Waals surface area contributed by atoms with Crippen LogP contribution in [-0.4, -0.2) is 19.3 Å².